The predicted molar refractivity (Wildman–Crippen MR) is 116 cm³/mol. The molecular weight excluding hydrogens is 348 g/mol. The topological polar surface area (TPSA) is 19.4 Å². The molecule has 3 fully saturated rings. The van der Waals surface area contributed by atoms with Crippen LogP contribution in [0.4, 0.5) is 0 Å². The van der Waals surface area contributed by atoms with Crippen molar-refractivity contribution in [3.05, 3.63) is 35.3 Å². The third-order valence-corrected chi connectivity index (χ3v) is 6.78. The standard InChI is InChI=1S/C22H38N6/c1-23-6-12-26(13-7-23)20-4-5-21(27-14-8-24(2)9-15-27)19-22(18-20)28-16-10-25(3)11-17-28/h4,18-19H,5-17H2,1-3H3. The molecule has 3 heterocycles. The first-order valence-electron chi connectivity index (χ1n) is 11.0. The Balaban J connectivity index is 1.55. The van der Waals surface area contributed by atoms with Gasteiger partial charge in [0.05, 0.1) is 0 Å². The number of hydrogen-bond donors (Lipinski definition) is 0. The van der Waals surface area contributed by atoms with Gasteiger partial charge in [0, 0.05) is 102 Å². The van der Waals surface area contributed by atoms with Crippen LogP contribution >= 0.6 is 0 Å². The molecule has 0 amide bonds. The maximum Gasteiger partial charge on any atom is 0.0405 e. The molecule has 0 bridgehead atoms. The molecule has 6 heteroatoms. The first kappa shape index (κ1) is 19.8. The average Bonchev–Trinajstić information content (AvgIpc) is 2.93. The van der Waals surface area contributed by atoms with Crippen molar-refractivity contribution >= 4 is 0 Å². The second kappa shape index (κ2) is 8.89. The van der Waals surface area contributed by atoms with E-state index in [4.69, 9.17) is 0 Å². The summed E-state index contributed by atoms with van der Waals surface area (Å²) in [6.45, 7) is 13.8. The number of nitrogens with zero attached hydrogens (tertiary/aromatic N) is 6. The predicted octanol–water partition coefficient (Wildman–Crippen LogP) is 0.784. The van der Waals surface area contributed by atoms with Gasteiger partial charge in [0.1, 0.15) is 0 Å². The molecule has 0 unspecified atom stereocenters. The average molecular weight is 387 g/mol. The molecule has 0 radical (unpaired) electrons. The zero-order valence-electron chi connectivity index (χ0n) is 18.1. The van der Waals surface area contributed by atoms with Gasteiger partial charge in [-0.3, -0.25) is 0 Å². The third-order valence-electron chi connectivity index (χ3n) is 6.78. The maximum atomic E-state index is 2.62. The number of rotatable bonds is 3. The molecule has 0 aromatic rings. The van der Waals surface area contributed by atoms with Crippen molar-refractivity contribution in [2.45, 2.75) is 6.42 Å². The van der Waals surface area contributed by atoms with E-state index < -0.39 is 0 Å². The summed E-state index contributed by atoms with van der Waals surface area (Å²) in [6.07, 6.45) is 8.51. The molecule has 3 saturated heterocycles. The van der Waals surface area contributed by atoms with Crippen LogP contribution in [0, 0.1) is 0 Å². The van der Waals surface area contributed by atoms with Crippen molar-refractivity contribution in [3.8, 4) is 0 Å². The largest absolute Gasteiger partial charge is 0.372 e. The molecule has 0 N–H and O–H groups in total. The lowest BCUT2D eigenvalue weighted by Crippen LogP contribution is -2.45. The molecule has 3 aliphatic heterocycles. The van der Waals surface area contributed by atoms with E-state index in [1.165, 1.54) is 30.2 Å². The van der Waals surface area contributed by atoms with Crippen LogP contribution in [-0.2, 0) is 0 Å². The minimum atomic E-state index is 1.05. The van der Waals surface area contributed by atoms with Crippen LogP contribution in [0.5, 0.6) is 0 Å². The van der Waals surface area contributed by atoms with Crippen molar-refractivity contribution in [2.75, 3.05) is 99.7 Å². The van der Waals surface area contributed by atoms with Gasteiger partial charge in [-0.15, -0.1) is 0 Å². The molecule has 0 saturated carbocycles. The second-order valence-corrected chi connectivity index (χ2v) is 8.91. The summed E-state index contributed by atoms with van der Waals surface area (Å²) in [7, 11) is 6.71. The van der Waals surface area contributed by atoms with Gasteiger partial charge in [-0.1, -0.05) is 6.08 Å². The Hall–Kier alpha value is -1.50. The van der Waals surface area contributed by atoms with Gasteiger partial charge in [-0.05, 0) is 33.3 Å². The van der Waals surface area contributed by atoms with Crippen LogP contribution in [0.3, 0.4) is 0 Å². The zero-order valence-corrected chi connectivity index (χ0v) is 18.1. The number of hydrogen-bond acceptors (Lipinski definition) is 6. The summed E-state index contributed by atoms with van der Waals surface area (Å²) in [5, 5.41) is 0. The lowest BCUT2D eigenvalue weighted by atomic mass is 10.2. The fourth-order valence-corrected chi connectivity index (χ4v) is 4.54. The molecule has 28 heavy (non-hydrogen) atoms. The monoisotopic (exact) mass is 386 g/mol. The van der Waals surface area contributed by atoms with Crippen molar-refractivity contribution in [3.63, 3.8) is 0 Å². The first-order chi connectivity index (χ1) is 13.6. The van der Waals surface area contributed by atoms with E-state index in [-0.39, 0.29) is 0 Å². The van der Waals surface area contributed by atoms with Gasteiger partial charge in [-0.2, -0.15) is 0 Å². The maximum absolute atomic E-state index is 2.62. The summed E-state index contributed by atoms with van der Waals surface area (Å²) in [4.78, 5) is 15.1. The number of likely N-dealkylation sites (N-methyl/N-ethyl adjacent to an activating group) is 3. The van der Waals surface area contributed by atoms with Crippen LogP contribution < -0.4 is 0 Å². The Morgan fingerprint density at radius 3 is 1.43 bits per heavy atom. The van der Waals surface area contributed by atoms with Gasteiger partial charge in [0.25, 0.3) is 0 Å². The Kier molecular flexibility index (Phi) is 6.28. The molecule has 4 aliphatic rings. The molecular formula is C22H38N6. The second-order valence-electron chi connectivity index (χ2n) is 8.91. The zero-order chi connectivity index (χ0) is 19.5. The molecule has 6 nitrogen and oxygen atoms in total. The smallest absolute Gasteiger partial charge is 0.0405 e. The Morgan fingerprint density at radius 1 is 0.500 bits per heavy atom. The SMILES string of the molecule is CN1CCN(C2=CCC(N3CCN(C)CC3)=CC(N3CCN(C)CC3)=C2)CC1. The summed E-state index contributed by atoms with van der Waals surface area (Å²) < 4.78 is 0. The molecule has 1 aliphatic carbocycles. The molecule has 4 rings (SSSR count). The quantitative estimate of drug-likeness (QED) is 0.709. The van der Waals surface area contributed by atoms with Gasteiger partial charge < -0.3 is 29.4 Å². The molecule has 0 aromatic heterocycles. The summed E-state index contributed by atoms with van der Waals surface area (Å²) in [5.41, 5.74) is 4.36. The highest BCUT2D eigenvalue weighted by atomic mass is 15.3. The lowest BCUT2D eigenvalue weighted by molar-refractivity contribution is 0.180. The normalized spacial score (nSPS) is 26.7. The highest BCUT2D eigenvalue weighted by Gasteiger charge is 2.23. The molecule has 156 valence electrons. The third kappa shape index (κ3) is 4.73. The van der Waals surface area contributed by atoms with E-state index in [9.17, 15) is 0 Å². The fourth-order valence-electron chi connectivity index (χ4n) is 4.54. The Morgan fingerprint density at radius 2 is 0.929 bits per heavy atom. The van der Waals surface area contributed by atoms with Crippen LogP contribution in [0.1, 0.15) is 6.42 Å². The van der Waals surface area contributed by atoms with Crippen molar-refractivity contribution in [2.24, 2.45) is 0 Å². The molecule has 0 atom stereocenters. The van der Waals surface area contributed by atoms with Gasteiger partial charge >= 0.3 is 0 Å². The Bertz CT molecular complexity index is 615. The van der Waals surface area contributed by atoms with Crippen molar-refractivity contribution in [1.29, 1.82) is 0 Å². The van der Waals surface area contributed by atoms with E-state index in [1.54, 1.807) is 0 Å². The first-order valence-corrected chi connectivity index (χ1v) is 11.0. The molecule has 0 aromatic carbocycles. The van der Waals surface area contributed by atoms with E-state index in [1.807, 2.05) is 0 Å². The van der Waals surface area contributed by atoms with E-state index >= 15 is 0 Å². The van der Waals surface area contributed by atoms with Crippen LogP contribution in [0.2, 0.25) is 0 Å². The van der Waals surface area contributed by atoms with E-state index in [2.05, 4.69) is 68.8 Å². The summed E-state index contributed by atoms with van der Waals surface area (Å²) in [5.74, 6) is 0. The highest BCUT2D eigenvalue weighted by molar-refractivity contribution is 5.36. The number of piperazine rings is 3. The van der Waals surface area contributed by atoms with Crippen LogP contribution in [0.25, 0.3) is 0 Å². The minimum absolute atomic E-state index is 1.05. The van der Waals surface area contributed by atoms with Crippen molar-refractivity contribution < 1.29 is 0 Å². The highest BCUT2D eigenvalue weighted by Crippen LogP contribution is 2.26. The van der Waals surface area contributed by atoms with E-state index in [0.717, 1.165) is 71.9 Å². The lowest BCUT2D eigenvalue weighted by Gasteiger charge is -2.37. The van der Waals surface area contributed by atoms with Crippen LogP contribution in [0.15, 0.2) is 35.3 Å². The van der Waals surface area contributed by atoms with E-state index in [0.29, 0.717) is 0 Å². The molecule has 0 spiro atoms. The summed E-state index contributed by atoms with van der Waals surface area (Å²) >= 11 is 0. The van der Waals surface area contributed by atoms with Gasteiger partial charge in [0.2, 0.25) is 0 Å². The summed E-state index contributed by atoms with van der Waals surface area (Å²) in [6, 6.07) is 0. The number of allylic oxidation sites excluding steroid dienone is 3. The minimum Gasteiger partial charge on any atom is -0.372 e. The fraction of sp³-hybridized carbons (Fsp3) is 0.727. The van der Waals surface area contributed by atoms with Crippen molar-refractivity contribution in [1.82, 2.24) is 29.4 Å². The van der Waals surface area contributed by atoms with Gasteiger partial charge in [0.15, 0.2) is 0 Å². The van der Waals surface area contributed by atoms with Gasteiger partial charge in [-0.25, -0.2) is 0 Å². The van der Waals surface area contributed by atoms with Crippen LogP contribution in [-0.4, -0.2) is 129 Å². The Labute approximate surface area is 171 Å².